The Morgan fingerprint density at radius 2 is 1.85 bits per heavy atom. The summed E-state index contributed by atoms with van der Waals surface area (Å²) in [5.74, 6) is 0. The largest absolute Gasteiger partial charge is 0.350 e. The zero-order valence-electron chi connectivity index (χ0n) is 12.5. The lowest BCUT2D eigenvalue weighted by Crippen LogP contribution is -1.91. The van der Waals surface area contributed by atoms with Crippen LogP contribution in [0.25, 0.3) is 0 Å². The molecule has 1 heterocycles. The molecule has 1 aromatic heterocycles. The molecule has 20 heavy (non-hydrogen) atoms. The minimum atomic E-state index is 1.02. The molecule has 106 valence electrons. The van der Waals surface area contributed by atoms with E-state index in [1.807, 2.05) is 25.5 Å². The van der Waals surface area contributed by atoms with E-state index in [0.717, 1.165) is 11.4 Å². The van der Waals surface area contributed by atoms with Gasteiger partial charge in [-0.1, -0.05) is 38.3 Å². The van der Waals surface area contributed by atoms with E-state index in [0.29, 0.717) is 0 Å². The fraction of sp³-hybridized carbons (Fsp3) is 0.389. The minimum absolute atomic E-state index is 1.02. The Labute approximate surface area is 122 Å². The van der Waals surface area contributed by atoms with E-state index in [1.165, 1.54) is 37.7 Å². The van der Waals surface area contributed by atoms with Gasteiger partial charge in [0, 0.05) is 13.2 Å². The number of aromatic nitrogens is 1. The highest BCUT2D eigenvalue weighted by Gasteiger charge is 1.95. The van der Waals surface area contributed by atoms with Crippen LogP contribution >= 0.6 is 0 Å². The van der Waals surface area contributed by atoms with E-state index >= 15 is 0 Å². The summed E-state index contributed by atoms with van der Waals surface area (Å²) in [6.07, 6.45) is 10.4. The number of hydrogen-bond acceptors (Lipinski definition) is 1. The molecule has 0 aliphatic rings. The second-order valence-corrected chi connectivity index (χ2v) is 5.28. The van der Waals surface area contributed by atoms with E-state index in [9.17, 15) is 0 Å². The first kappa shape index (κ1) is 14.6. The van der Waals surface area contributed by atoms with Crippen molar-refractivity contribution in [2.24, 2.45) is 12.0 Å². The summed E-state index contributed by atoms with van der Waals surface area (Å²) >= 11 is 0. The summed E-state index contributed by atoms with van der Waals surface area (Å²) in [5, 5.41) is 0. The molecule has 0 aliphatic carbocycles. The van der Waals surface area contributed by atoms with Crippen LogP contribution in [0.4, 0.5) is 5.69 Å². The van der Waals surface area contributed by atoms with Gasteiger partial charge in [-0.05, 0) is 42.7 Å². The Kier molecular flexibility index (Phi) is 5.60. The third-order valence-corrected chi connectivity index (χ3v) is 3.59. The van der Waals surface area contributed by atoms with Gasteiger partial charge in [0.1, 0.15) is 0 Å². The smallest absolute Gasteiger partial charge is 0.0630 e. The van der Waals surface area contributed by atoms with Gasteiger partial charge in [0.15, 0.2) is 0 Å². The van der Waals surface area contributed by atoms with E-state index < -0.39 is 0 Å². The number of nitrogens with zero attached hydrogens (tertiary/aromatic N) is 2. The van der Waals surface area contributed by atoms with Gasteiger partial charge < -0.3 is 4.57 Å². The number of rotatable bonds is 7. The van der Waals surface area contributed by atoms with Crippen LogP contribution in [0.15, 0.2) is 47.6 Å². The predicted molar refractivity (Wildman–Crippen MR) is 87.0 cm³/mol. The van der Waals surface area contributed by atoms with Crippen molar-refractivity contribution in [2.75, 3.05) is 0 Å². The van der Waals surface area contributed by atoms with Crippen LogP contribution in [0, 0.1) is 0 Å². The molecule has 0 saturated carbocycles. The molecule has 0 atom stereocenters. The van der Waals surface area contributed by atoms with Gasteiger partial charge in [-0.2, -0.15) is 0 Å². The van der Waals surface area contributed by atoms with Crippen molar-refractivity contribution >= 4 is 11.9 Å². The zero-order valence-corrected chi connectivity index (χ0v) is 12.5. The number of aliphatic imine (C=N–C) groups is 1. The van der Waals surface area contributed by atoms with Crippen molar-refractivity contribution in [1.29, 1.82) is 0 Å². The predicted octanol–water partition coefficient (Wildman–Crippen LogP) is 4.90. The van der Waals surface area contributed by atoms with Crippen LogP contribution in [0.5, 0.6) is 0 Å². The normalized spacial score (nSPS) is 11.3. The van der Waals surface area contributed by atoms with Gasteiger partial charge in [0.25, 0.3) is 0 Å². The molecule has 2 aromatic rings. The van der Waals surface area contributed by atoms with Crippen LogP contribution in [-0.4, -0.2) is 10.8 Å². The average Bonchev–Trinajstić information content (AvgIpc) is 2.88. The van der Waals surface area contributed by atoms with Crippen LogP contribution < -0.4 is 0 Å². The van der Waals surface area contributed by atoms with Gasteiger partial charge >= 0.3 is 0 Å². The molecule has 0 unspecified atom stereocenters. The maximum absolute atomic E-state index is 4.51. The first-order chi connectivity index (χ1) is 9.79. The maximum atomic E-state index is 4.51. The Morgan fingerprint density at radius 3 is 2.50 bits per heavy atom. The van der Waals surface area contributed by atoms with Crippen LogP contribution in [0.3, 0.4) is 0 Å². The van der Waals surface area contributed by atoms with Crippen molar-refractivity contribution in [1.82, 2.24) is 4.57 Å². The standard InChI is InChI=1S/C18H24N2/c1-3-4-5-6-8-16-10-12-17(13-11-16)19-15-18-9-7-14-20(18)2/h7,9-15H,3-6,8H2,1-2H3. The van der Waals surface area contributed by atoms with Crippen molar-refractivity contribution in [2.45, 2.75) is 39.0 Å². The quantitative estimate of drug-likeness (QED) is 0.502. The summed E-state index contributed by atoms with van der Waals surface area (Å²) in [7, 11) is 2.03. The molecule has 0 radical (unpaired) electrons. The molecule has 1 aromatic carbocycles. The fourth-order valence-corrected chi connectivity index (χ4v) is 2.25. The Bertz CT molecular complexity index is 535. The SMILES string of the molecule is CCCCCCc1ccc(N=Cc2cccn2C)cc1. The van der Waals surface area contributed by atoms with Gasteiger partial charge in [-0.25, -0.2) is 0 Å². The molecule has 0 saturated heterocycles. The van der Waals surface area contributed by atoms with Crippen molar-refractivity contribution in [3.8, 4) is 0 Å². The first-order valence-corrected chi connectivity index (χ1v) is 7.54. The van der Waals surface area contributed by atoms with E-state index in [-0.39, 0.29) is 0 Å². The summed E-state index contributed by atoms with van der Waals surface area (Å²) in [4.78, 5) is 4.51. The first-order valence-electron chi connectivity index (χ1n) is 7.54. The Balaban J connectivity index is 1.88. The van der Waals surface area contributed by atoms with Gasteiger partial charge in [0.05, 0.1) is 17.6 Å². The summed E-state index contributed by atoms with van der Waals surface area (Å²) in [6, 6.07) is 12.7. The number of hydrogen-bond donors (Lipinski definition) is 0. The monoisotopic (exact) mass is 268 g/mol. The topological polar surface area (TPSA) is 17.3 Å². The van der Waals surface area contributed by atoms with E-state index in [1.54, 1.807) is 0 Å². The summed E-state index contributed by atoms with van der Waals surface area (Å²) < 4.78 is 2.06. The third kappa shape index (κ3) is 4.37. The molecule has 2 nitrogen and oxygen atoms in total. The average molecular weight is 268 g/mol. The van der Waals surface area contributed by atoms with Gasteiger partial charge in [-0.3, -0.25) is 4.99 Å². The molecule has 2 rings (SSSR count). The van der Waals surface area contributed by atoms with Crippen molar-refractivity contribution in [3.05, 3.63) is 53.9 Å². The number of unbranched alkanes of at least 4 members (excludes halogenated alkanes) is 3. The molecule has 0 N–H and O–H groups in total. The third-order valence-electron chi connectivity index (χ3n) is 3.59. The highest BCUT2D eigenvalue weighted by Crippen LogP contribution is 2.15. The molecule has 2 heteroatoms. The molecular weight excluding hydrogens is 244 g/mol. The molecule has 0 bridgehead atoms. The Hall–Kier alpha value is -1.83. The number of aryl methyl sites for hydroxylation is 2. The molecule has 0 amide bonds. The maximum Gasteiger partial charge on any atom is 0.0630 e. The van der Waals surface area contributed by atoms with E-state index in [2.05, 4.69) is 46.8 Å². The Morgan fingerprint density at radius 1 is 1.05 bits per heavy atom. The van der Waals surface area contributed by atoms with Gasteiger partial charge in [-0.15, -0.1) is 0 Å². The highest BCUT2D eigenvalue weighted by atomic mass is 14.9. The lowest BCUT2D eigenvalue weighted by molar-refractivity contribution is 0.667. The van der Waals surface area contributed by atoms with Crippen molar-refractivity contribution in [3.63, 3.8) is 0 Å². The van der Waals surface area contributed by atoms with Crippen LogP contribution in [-0.2, 0) is 13.5 Å². The zero-order chi connectivity index (χ0) is 14.2. The summed E-state index contributed by atoms with van der Waals surface area (Å²) in [5.41, 5.74) is 3.55. The summed E-state index contributed by atoms with van der Waals surface area (Å²) in [6.45, 7) is 2.25. The fourth-order valence-electron chi connectivity index (χ4n) is 2.25. The molecule has 0 spiro atoms. The lowest BCUT2D eigenvalue weighted by atomic mass is 10.1. The van der Waals surface area contributed by atoms with Gasteiger partial charge in [0.2, 0.25) is 0 Å². The van der Waals surface area contributed by atoms with Crippen LogP contribution in [0.1, 0.15) is 43.9 Å². The number of benzene rings is 1. The lowest BCUT2D eigenvalue weighted by Gasteiger charge is -2.02. The van der Waals surface area contributed by atoms with E-state index in [4.69, 9.17) is 0 Å². The molecular formula is C18H24N2. The molecule has 0 fully saturated rings. The second-order valence-electron chi connectivity index (χ2n) is 5.28. The highest BCUT2D eigenvalue weighted by molar-refractivity contribution is 5.80. The minimum Gasteiger partial charge on any atom is -0.350 e. The van der Waals surface area contributed by atoms with Crippen molar-refractivity contribution < 1.29 is 0 Å². The second kappa shape index (κ2) is 7.68. The van der Waals surface area contributed by atoms with Crippen LogP contribution in [0.2, 0.25) is 0 Å². The molecule has 0 aliphatic heterocycles.